The van der Waals surface area contributed by atoms with Crippen LogP contribution in [0.3, 0.4) is 0 Å². The van der Waals surface area contributed by atoms with Crippen molar-refractivity contribution in [3.63, 3.8) is 0 Å². The Labute approximate surface area is 106 Å². The zero-order valence-corrected chi connectivity index (χ0v) is 11.3. The number of benzene rings is 1. The van der Waals surface area contributed by atoms with E-state index in [9.17, 15) is 0 Å². The first-order valence-corrected chi connectivity index (χ1v) is 6.53. The van der Waals surface area contributed by atoms with Crippen LogP contribution < -0.4 is 11.3 Å². The van der Waals surface area contributed by atoms with Crippen molar-refractivity contribution in [3.8, 4) is 0 Å². The summed E-state index contributed by atoms with van der Waals surface area (Å²) in [6, 6.07) is 10.9. The highest BCUT2D eigenvalue weighted by atomic mass is 32.1. The topological polar surface area (TPSA) is 38.0 Å². The van der Waals surface area contributed by atoms with E-state index >= 15 is 0 Å². The second kappa shape index (κ2) is 5.00. The van der Waals surface area contributed by atoms with Gasteiger partial charge in [-0.25, -0.2) is 5.43 Å². The Bertz CT molecular complexity index is 517. The van der Waals surface area contributed by atoms with Crippen molar-refractivity contribution >= 4 is 11.3 Å². The predicted octanol–water partition coefficient (Wildman–Crippen LogP) is 3.23. The second-order valence-corrected chi connectivity index (χ2v) is 5.71. The molecule has 2 rings (SSSR count). The Morgan fingerprint density at radius 1 is 1.06 bits per heavy atom. The fourth-order valence-corrected chi connectivity index (χ4v) is 2.86. The van der Waals surface area contributed by atoms with E-state index in [0.717, 1.165) is 0 Å². The third-order valence-electron chi connectivity index (χ3n) is 3.08. The summed E-state index contributed by atoms with van der Waals surface area (Å²) in [4.78, 5) is 2.57. The summed E-state index contributed by atoms with van der Waals surface area (Å²) in [6.45, 7) is 6.37. The van der Waals surface area contributed by atoms with Crippen LogP contribution in [0.25, 0.3) is 0 Å². The van der Waals surface area contributed by atoms with Gasteiger partial charge < -0.3 is 0 Å². The molecule has 0 fully saturated rings. The summed E-state index contributed by atoms with van der Waals surface area (Å²) >= 11 is 1.78. The summed E-state index contributed by atoms with van der Waals surface area (Å²) in [5.74, 6) is 5.69. The van der Waals surface area contributed by atoms with Gasteiger partial charge in [0.25, 0.3) is 0 Å². The van der Waals surface area contributed by atoms with Crippen molar-refractivity contribution in [2.24, 2.45) is 5.84 Å². The average molecular weight is 246 g/mol. The molecule has 3 heteroatoms. The molecule has 17 heavy (non-hydrogen) atoms. The molecule has 90 valence electrons. The van der Waals surface area contributed by atoms with Gasteiger partial charge in [0.05, 0.1) is 6.04 Å². The number of aryl methyl sites for hydroxylation is 3. The molecule has 0 aliphatic rings. The lowest BCUT2D eigenvalue weighted by molar-refractivity contribution is 0.646. The molecule has 1 unspecified atom stereocenters. The molecule has 0 aliphatic carbocycles. The van der Waals surface area contributed by atoms with E-state index in [1.807, 2.05) is 0 Å². The van der Waals surface area contributed by atoms with Gasteiger partial charge in [-0.05, 0) is 49.6 Å². The molecule has 0 saturated heterocycles. The monoisotopic (exact) mass is 246 g/mol. The van der Waals surface area contributed by atoms with Crippen LogP contribution in [0.2, 0.25) is 0 Å². The van der Waals surface area contributed by atoms with Gasteiger partial charge in [-0.15, -0.1) is 11.3 Å². The molecule has 2 aromatic rings. The molecular formula is C14H18N2S. The first kappa shape index (κ1) is 12.3. The van der Waals surface area contributed by atoms with Gasteiger partial charge in [-0.1, -0.05) is 18.2 Å². The number of rotatable bonds is 3. The lowest BCUT2D eigenvalue weighted by Gasteiger charge is -2.16. The number of hydrogen-bond donors (Lipinski definition) is 2. The molecular weight excluding hydrogens is 228 g/mol. The minimum absolute atomic E-state index is 0.0907. The normalized spacial score (nSPS) is 12.7. The lowest BCUT2D eigenvalue weighted by atomic mass is 10.0. The van der Waals surface area contributed by atoms with Gasteiger partial charge in [0.15, 0.2) is 0 Å². The van der Waals surface area contributed by atoms with Crippen LogP contribution in [0, 0.1) is 20.8 Å². The largest absolute Gasteiger partial charge is 0.271 e. The van der Waals surface area contributed by atoms with Crippen molar-refractivity contribution < 1.29 is 0 Å². The van der Waals surface area contributed by atoms with Crippen molar-refractivity contribution in [1.82, 2.24) is 5.43 Å². The zero-order chi connectivity index (χ0) is 12.4. The molecule has 0 bridgehead atoms. The summed E-state index contributed by atoms with van der Waals surface area (Å²) < 4.78 is 0. The van der Waals surface area contributed by atoms with Gasteiger partial charge in [0.2, 0.25) is 0 Å². The molecule has 1 aromatic heterocycles. The molecule has 3 N–H and O–H groups in total. The molecule has 1 aromatic carbocycles. The third kappa shape index (κ3) is 2.57. The van der Waals surface area contributed by atoms with E-state index in [0.29, 0.717) is 0 Å². The van der Waals surface area contributed by atoms with E-state index in [-0.39, 0.29) is 6.04 Å². The fourth-order valence-electron chi connectivity index (χ4n) is 1.90. The van der Waals surface area contributed by atoms with Crippen LogP contribution in [-0.2, 0) is 0 Å². The second-order valence-electron chi connectivity index (χ2n) is 4.39. The molecule has 0 amide bonds. The lowest BCUT2D eigenvalue weighted by Crippen LogP contribution is -2.28. The zero-order valence-electron chi connectivity index (χ0n) is 10.4. The predicted molar refractivity (Wildman–Crippen MR) is 74.1 cm³/mol. The Kier molecular flexibility index (Phi) is 3.62. The van der Waals surface area contributed by atoms with E-state index in [1.165, 1.54) is 26.4 Å². The Balaban J connectivity index is 2.38. The van der Waals surface area contributed by atoms with Crippen molar-refractivity contribution in [1.29, 1.82) is 0 Å². The van der Waals surface area contributed by atoms with Gasteiger partial charge in [-0.3, -0.25) is 5.84 Å². The summed E-state index contributed by atoms with van der Waals surface area (Å²) in [7, 11) is 0. The van der Waals surface area contributed by atoms with E-state index < -0.39 is 0 Å². The summed E-state index contributed by atoms with van der Waals surface area (Å²) in [5.41, 5.74) is 6.74. The molecule has 2 nitrogen and oxygen atoms in total. The maximum absolute atomic E-state index is 5.69. The minimum Gasteiger partial charge on any atom is -0.271 e. The fraction of sp³-hybridized carbons (Fsp3) is 0.286. The van der Waals surface area contributed by atoms with Crippen LogP contribution in [0.1, 0.15) is 32.5 Å². The number of nitrogens with two attached hydrogens (primary N) is 1. The highest BCUT2D eigenvalue weighted by molar-refractivity contribution is 7.12. The number of thiophene rings is 1. The third-order valence-corrected chi connectivity index (χ3v) is 4.14. The standard InChI is InChI=1S/C14H18N2S/c1-9-4-6-12(8-10(9)2)14(16-15)13-7-5-11(3)17-13/h4-8,14,16H,15H2,1-3H3. The Hall–Kier alpha value is -1.16. The highest BCUT2D eigenvalue weighted by Crippen LogP contribution is 2.28. The maximum atomic E-state index is 5.69. The highest BCUT2D eigenvalue weighted by Gasteiger charge is 2.14. The average Bonchev–Trinajstić information content (AvgIpc) is 2.71. The Morgan fingerprint density at radius 2 is 1.82 bits per heavy atom. The van der Waals surface area contributed by atoms with Crippen LogP contribution in [0.15, 0.2) is 30.3 Å². The number of hydrazine groups is 1. The first-order valence-electron chi connectivity index (χ1n) is 5.71. The Morgan fingerprint density at radius 3 is 2.35 bits per heavy atom. The molecule has 0 saturated carbocycles. The van der Waals surface area contributed by atoms with Crippen LogP contribution in [0.5, 0.6) is 0 Å². The van der Waals surface area contributed by atoms with Gasteiger partial charge >= 0.3 is 0 Å². The SMILES string of the molecule is Cc1ccc(C(NN)c2ccc(C)c(C)c2)s1. The maximum Gasteiger partial charge on any atom is 0.0802 e. The molecule has 0 spiro atoms. The van der Waals surface area contributed by atoms with Crippen LogP contribution in [-0.4, -0.2) is 0 Å². The molecule has 1 atom stereocenters. The number of nitrogens with one attached hydrogen (secondary N) is 1. The summed E-state index contributed by atoms with van der Waals surface area (Å²) in [5, 5.41) is 0. The molecule has 0 radical (unpaired) electrons. The van der Waals surface area contributed by atoms with Crippen LogP contribution >= 0.6 is 11.3 Å². The van der Waals surface area contributed by atoms with Crippen LogP contribution in [0.4, 0.5) is 0 Å². The van der Waals surface area contributed by atoms with Gasteiger partial charge in [0, 0.05) is 9.75 Å². The number of hydrogen-bond acceptors (Lipinski definition) is 3. The first-order chi connectivity index (χ1) is 8.11. The van der Waals surface area contributed by atoms with Crippen molar-refractivity contribution in [2.45, 2.75) is 26.8 Å². The van der Waals surface area contributed by atoms with E-state index in [2.05, 4.69) is 56.5 Å². The van der Waals surface area contributed by atoms with Crippen molar-refractivity contribution in [2.75, 3.05) is 0 Å². The van der Waals surface area contributed by atoms with E-state index in [4.69, 9.17) is 5.84 Å². The molecule has 0 aliphatic heterocycles. The van der Waals surface area contributed by atoms with E-state index in [1.54, 1.807) is 11.3 Å². The minimum atomic E-state index is 0.0907. The smallest absolute Gasteiger partial charge is 0.0802 e. The van der Waals surface area contributed by atoms with Gasteiger partial charge in [0.1, 0.15) is 0 Å². The van der Waals surface area contributed by atoms with Crippen molar-refractivity contribution in [3.05, 3.63) is 56.8 Å². The quantitative estimate of drug-likeness (QED) is 0.644. The van der Waals surface area contributed by atoms with Gasteiger partial charge in [-0.2, -0.15) is 0 Å². The molecule has 1 heterocycles. The summed E-state index contributed by atoms with van der Waals surface area (Å²) in [6.07, 6.45) is 0.